The first kappa shape index (κ1) is 39.7. The van der Waals surface area contributed by atoms with Gasteiger partial charge in [0.2, 0.25) is 0 Å². The SMILES string of the molecule is CCCCCCCCCCCC(=O)O[C@H]1CC(C)(C)C(C=CC(C)=CCP(Br)(c2ccccc2)(c2ccccc2)c2ccccc2)=C(C)C1=O. The second kappa shape index (κ2) is 18.4. The maximum atomic E-state index is 13.5. The molecule has 3 aromatic rings. The van der Waals surface area contributed by atoms with Gasteiger partial charge in [0.25, 0.3) is 0 Å². The van der Waals surface area contributed by atoms with Gasteiger partial charge < -0.3 is 0 Å². The van der Waals surface area contributed by atoms with Crippen molar-refractivity contribution in [3.63, 3.8) is 0 Å². The molecule has 1 aliphatic rings. The van der Waals surface area contributed by atoms with Gasteiger partial charge in [0.15, 0.2) is 0 Å². The van der Waals surface area contributed by atoms with E-state index in [-0.39, 0.29) is 17.2 Å². The molecule has 0 N–H and O–H groups in total. The molecule has 0 amide bonds. The maximum absolute atomic E-state index is 13.5. The van der Waals surface area contributed by atoms with E-state index in [9.17, 15) is 9.59 Å². The molecule has 4 rings (SSSR count). The van der Waals surface area contributed by atoms with E-state index >= 15 is 0 Å². The topological polar surface area (TPSA) is 43.4 Å². The molecular weight excluding hydrogens is 699 g/mol. The third-order valence-corrected chi connectivity index (χ3v) is 19.9. The summed E-state index contributed by atoms with van der Waals surface area (Å²) in [6, 6.07) is 32.4. The Hall–Kier alpha value is -3.07. The number of halogens is 1. The number of ether oxygens (including phenoxy) is 1. The van der Waals surface area contributed by atoms with Gasteiger partial charge in [-0.25, -0.2) is 0 Å². The minimum atomic E-state index is -3.09. The van der Waals surface area contributed by atoms with Crippen LogP contribution in [0.1, 0.15) is 105 Å². The zero-order valence-corrected chi connectivity index (χ0v) is 33.5. The number of benzene rings is 3. The fourth-order valence-corrected chi connectivity index (χ4v) is 14.5. The Morgan fingerprint density at radius 1 is 0.800 bits per heavy atom. The van der Waals surface area contributed by atoms with Crippen molar-refractivity contribution in [1.82, 2.24) is 0 Å². The summed E-state index contributed by atoms with van der Waals surface area (Å²) >= 11 is 4.54. The summed E-state index contributed by atoms with van der Waals surface area (Å²) in [6.45, 7) is 10.6. The van der Waals surface area contributed by atoms with Gasteiger partial charge in [-0.1, -0.05) is 58.3 Å². The van der Waals surface area contributed by atoms with Crippen LogP contribution in [-0.2, 0) is 14.3 Å². The van der Waals surface area contributed by atoms with Crippen molar-refractivity contribution in [3.8, 4) is 0 Å². The Kier molecular flexibility index (Phi) is 14.6. The molecule has 0 bridgehead atoms. The average molecular weight is 758 g/mol. The molecule has 3 aromatic carbocycles. The van der Waals surface area contributed by atoms with Gasteiger partial charge in [0, 0.05) is 0 Å². The van der Waals surface area contributed by atoms with E-state index in [0.717, 1.165) is 36.6 Å². The number of Topliss-reactive ketones (excluding diaryl/α,β-unsaturated/α-hetero) is 1. The van der Waals surface area contributed by atoms with Crippen LogP contribution in [0.2, 0.25) is 0 Å². The van der Waals surface area contributed by atoms with Gasteiger partial charge in [-0.15, -0.1) is 0 Å². The van der Waals surface area contributed by atoms with Crippen LogP contribution in [-0.4, -0.2) is 24.0 Å². The molecule has 0 fully saturated rings. The van der Waals surface area contributed by atoms with Crippen LogP contribution in [0.15, 0.2) is 126 Å². The summed E-state index contributed by atoms with van der Waals surface area (Å²) in [4.78, 5) is 26.3. The van der Waals surface area contributed by atoms with Gasteiger partial charge in [0.05, 0.1) is 0 Å². The summed E-state index contributed by atoms with van der Waals surface area (Å²) in [6.07, 6.45) is 18.3. The van der Waals surface area contributed by atoms with Crippen molar-refractivity contribution in [2.45, 2.75) is 111 Å². The molecule has 0 aromatic heterocycles. The van der Waals surface area contributed by atoms with E-state index in [4.69, 9.17) is 4.74 Å². The van der Waals surface area contributed by atoms with E-state index in [2.05, 4.69) is 152 Å². The predicted octanol–water partition coefficient (Wildman–Crippen LogP) is 11.5. The van der Waals surface area contributed by atoms with Crippen LogP contribution in [0.5, 0.6) is 0 Å². The van der Waals surface area contributed by atoms with Crippen molar-refractivity contribution in [2.75, 3.05) is 6.16 Å². The molecule has 0 radical (unpaired) electrons. The summed E-state index contributed by atoms with van der Waals surface area (Å²) in [7, 11) is 0. The van der Waals surface area contributed by atoms with E-state index in [1.54, 1.807) is 0 Å². The minimum absolute atomic E-state index is 0.0753. The van der Waals surface area contributed by atoms with Crippen molar-refractivity contribution >= 4 is 48.5 Å². The monoisotopic (exact) mass is 756 g/mol. The first-order valence-electron chi connectivity index (χ1n) is 18.7. The molecule has 0 aliphatic heterocycles. The fraction of sp³-hybridized carbons (Fsp3) is 0.422. The standard InChI is InChI=1S/C45H58BrO3P/c1-6-7-8-9-10-11-12-13-23-30-43(47)49-42-35-45(4,5)41(37(3)44(42)48)32-31-36(2)33-34-50(46,38-24-17-14-18-25-38,39-26-19-15-20-27-39)40-28-21-16-22-29-40/h14-22,24-29,31-33,42H,6-13,23,30,34-35H2,1-5H3/t42-/m0/s1. The number of carbonyl (C=O) groups excluding carboxylic acids is 2. The van der Waals surface area contributed by atoms with Gasteiger partial charge in [-0.3, -0.25) is 0 Å². The number of carbonyl (C=O) groups is 2. The van der Waals surface area contributed by atoms with Gasteiger partial charge in [-0.2, -0.15) is 0 Å². The number of esters is 1. The Bertz CT molecular complexity index is 1540. The number of unbranched alkanes of at least 4 members (excludes halogenated alkanes) is 8. The Morgan fingerprint density at radius 3 is 1.74 bits per heavy atom. The number of ketones is 1. The molecule has 268 valence electrons. The summed E-state index contributed by atoms with van der Waals surface area (Å²) in [5.41, 5.74) is 2.50. The second-order valence-electron chi connectivity index (χ2n) is 14.7. The van der Waals surface area contributed by atoms with E-state index in [0.29, 0.717) is 18.4 Å². The van der Waals surface area contributed by atoms with Crippen LogP contribution in [0.4, 0.5) is 0 Å². The third kappa shape index (κ3) is 9.62. The molecule has 0 saturated carbocycles. The van der Waals surface area contributed by atoms with Crippen LogP contribution in [0.3, 0.4) is 0 Å². The quantitative estimate of drug-likeness (QED) is 0.0562. The third-order valence-electron chi connectivity index (χ3n) is 10.4. The zero-order valence-electron chi connectivity index (χ0n) is 31.0. The number of hydrogen-bond donors (Lipinski definition) is 0. The summed E-state index contributed by atoms with van der Waals surface area (Å²) in [5, 5.41) is 0.744. The summed E-state index contributed by atoms with van der Waals surface area (Å²) in [5.74, 6) is -0.326. The molecule has 1 atom stereocenters. The van der Waals surface area contributed by atoms with E-state index in [1.807, 2.05) is 6.92 Å². The fourth-order valence-electron chi connectivity index (χ4n) is 7.37. The number of rotatable bonds is 18. The van der Waals surface area contributed by atoms with Crippen molar-refractivity contribution in [3.05, 3.63) is 126 Å². The van der Waals surface area contributed by atoms with Crippen molar-refractivity contribution < 1.29 is 14.3 Å². The molecule has 5 heteroatoms. The Balaban J connectivity index is 1.49. The van der Waals surface area contributed by atoms with Crippen LogP contribution in [0, 0.1) is 5.41 Å². The Morgan fingerprint density at radius 2 is 1.26 bits per heavy atom. The van der Waals surface area contributed by atoms with E-state index < -0.39 is 11.4 Å². The van der Waals surface area contributed by atoms with Gasteiger partial charge >= 0.3 is 247 Å². The summed E-state index contributed by atoms with van der Waals surface area (Å²) < 4.78 is 5.81. The van der Waals surface area contributed by atoms with Crippen LogP contribution >= 0.6 is 20.8 Å². The zero-order chi connectivity index (χ0) is 36.1. The van der Waals surface area contributed by atoms with Crippen LogP contribution in [0.25, 0.3) is 0 Å². The normalized spacial score (nSPS) is 17.5. The van der Waals surface area contributed by atoms with Crippen molar-refractivity contribution in [2.24, 2.45) is 5.41 Å². The molecule has 0 spiro atoms. The van der Waals surface area contributed by atoms with Crippen LogP contribution < -0.4 is 15.9 Å². The molecule has 0 heterocycles. The molecule has 0 saturated heterocycles. The number of hydrogen-bond acceptors (Lipinski definition) is 3. The molecular formula is C45H58BrO3P. The molecule has 50 heavy (non-hydrogen) atoms. The second-order valence-corrected chi connectivity index (χ2v) is 23.7. The predicted molar refractivity (Wildman–Crippen MR) is 220 cm³/mol. The first-order valence-corrected chi connectivity index (χ1v) is 23.1. The molecule has 3 nitrogen and oxygen atoms in total. The van der Waals surface area contributed by atoms with E-state index in [1.165, 1.54) is 54.4 Å². The Labute approximate surface area is 310 Å². The molecule has 0 unspecified atom stereocenters. The van der Waals surface area contributed by atoms with Gasteiger partial charge in [-0.05, 0) is 6.42 Å². The average Bonchev–Trinajstić information content (AvgIpc) is 3.13. The van der Waals surface area contributed by atoms with Crippen molar-refractivity contribution in [1.29, 1.82) is 0 Å². The molecule has 1 aliphatic carbocycles. The first-order chi connectivity index (χ1) is 24.0. The number of allylic oxidation sites excluding steroid dienone is 5. The van der Waals surface area contributed by atoms with Gasteiger partial charge in [0.1, 0.15) is 0 Å².